The molecule has 15 heteroatoms. The molecule has 256 valence electrons. The molecule has 2 aromatic heterocycles. The van der Waals surface area contributed by atoms with Gasteiger partial charge in [-0.15, -0.1) is 8.78 Å². The molecule has 4 aromatic rings. The van der Waals surface area contributed by atoms with Crippen molar-refractivity contribution >= 4 is 46.5 Å². The van der Waals surface area contributed by atoms with E-state index in [1.165, 1.54) is 30.5 Å². The van der Waals surface area contributed by atoms with Crippen molar-refractivity contribution in [2.24, 2.45) is 0 Å². The third-order valence-corrected chi connectivity index (χ3v) is 8.65. The molecular weight excluding hydrogens is 658 g/mol. The van der Waals surface area contributed by atoms with E-state index in [1.807, 2.05) is 24.3 Å². The Labute approximate surface area is 286 Å². The molecule has 0 saturated carbocycles. The number of hydrogen-bond acceptors (Lipinski definition) is 9. The first-order valence-electron chi connectivity index (χ1n) is 15.8. The van der Waals surface area contributed by atoms with Crippen LogP contribution in [0.1, 0.15) is 41.6 Å². The lowest BCUT2D eigenvalue weighted by molar-refractivity contribution is -0.133. The molecule has 0 bridgehead atoms. The first kappa shape index (κ1) is 33.8. The molecule has 4 N–H and O–H groups in total. The van der Waals surface area contributed by atoms with Gasteiger partial charge >= 0.3 is 5.57 Å². The van der Waals surface area contributed by atoms with Crippen LogP contribution in [-0.4, -0.2) is 75.6 Å². The summed E-state index contributed by atoms with van der Waals surface area (Å²) in [4.78, 5) is 46.1. The Morgan fingerprint density at radius 1 is 1.08 bits per heavy atom. The van der Waals surface area contributed by atoms with Gasteiger partial charge in [-0.25, -0.2) is 4.98 Å². The Bertz CT molecular complexity index is 1790. The fourth-order valence-corrected chi connectivity index (χ4v) is 6.19. The number of H-pyrrole nitrogens is 1. The number of anilines is 3. The summed E-state index contributed by atoms with van der Waals surface area (Å²) >= 11 is 4.82. The van der Waals surface area contributed by atoms with Gasteiger partial charge in [-0.2, -0.15) is 5.10 Å². The predicted molar refractivity (Wildman–Crippen MR) is 181 cm³/mol. The van der Waals surface area contributed by atoms with Gasteiger partial charge < -0.3 is 20.3 Å². The van der Waals surface area contributed by atoms with E-state index in [-0.39, 0.29) is 17.6 Å². The molecule has 4 heterocycles. The average Bonchev–Trinajstić information content (AvgIpc) is 3.62. The first-order valence-corrected chi connectivity index (χ1v) is 16.2. The molecule has 2 aliphatic heterocycles. The number of aromatic amines is 1. The van der Waals surface area contributed by atoms with Crippen LogP contribution < -0.4 is 25.6 Å². The summed E-state index contributed by atoms with van der Waals surface area (Å²) in [6.45, 7) is 2.22. The smallest absolute Gasteiger partial charge is 0.420 e. The zero-order valence-electron chi connectivity index (χ0n) is 26.6. The largest absolute Gasteiger partial charge is 0.487 e. The lowest BCUT2D eigenvalue weighted by Gasteiger charge is -2.38. The number of ether oxygens (including phenoxy) is 1. The minimum absolute atomic E-state index is 0.145. The molecule has 12 nitrogen and oxygen atoms in total. The van der Waals surface area contributed by atoms with Crippen LogP contribution >= 0.6 is 11.6 Å². The van der Waals surface area contributed by atoms with E-state index in [0.717, 1.165) is 49.5 Å². The van der Waals surface area contributed by atoms with Crippen LogP contribution in [0.4, 0.5) is 26.0 Å². The van der Waals surface area contributed by atoms with Crippen molar-refractivity contribution in [3.8, 4) is 17.0 Å². The van der Waals surface area contributed by atoms with E-state index in [4.69, 9.17) is 16.6 Å². The number of alkyl halides is 3. The van der Waals surface area contributed by atoms with Gasteiger partial charge in [-0.05, 0) is 80.4 Å². The lowest BCUT2D eigenvalue weighted by atomic mass is 10.0. The quantitative estimate of drug-likeness (QED) is 0.123. The zero-order chi connectivity index (χ0) is 34.5. The van der Waals surface area contributed by atoms with E-state index in [1.54, 1.807) is 12.3 Å². The third kappa shape index (κ3) is 8.69. The number of rotatable bonds is 11. The number of piperidine rings is 2. The molecule has 2 aromatic carbocycles. The monoisotopic (exact) mass is 692 g/mol. The van der Waals surface area contributed by atoms with Crippen LogP contribution in [0.5, 0.6) is 5.75 Å². The van der Waals surface area contributed by atoms with Crippen molar-refractivity contribution in [1.29, 1.82) is 0 Å². The highest BCUT2D eigenvalue weighted by molar-refractivity contribution is 6.20. The SMILES string of the molecule is CN(Cc1cccc(NC2CCC(=O)NC2=O)c1)C1CCN(c2ncc(C(=O)Nc3ccc(OC(F)(F)Cl)cc3)cc2-c2cc[nH]n2)CC1. The van der Waals surface area contributed by atoms with Crippen molar-refractivity contribution in [3.05, 3.63) is 84.2 Å². The van der Waals surface area contributed by atoms with Crippen molar-refractivity contribution < 1.29 is 27.9 Å². The van der Waals surface area contributed by atoms with Gasteiger partial charge in [0.05, 0.1) is 11.3 Å². The molecule has 3 amide bonds. The summed E-state index contributed by atoms with van der Waals surface area (Å²) in [5.41, 5.74) is 0.145. The molecule has 6 rings (SSSR count). The van der Waals surface area contributed by atoms with Gasteiger partial charge in [-0.1, -0.05) is 12.1 Å². The number of nitrogens with one attached hydrogen (secondary N) is 4. The molecule has 1 unspecified atom stereocenters. The van der Waals surface area contributed by atoms with Crippen molar-refractivity contribution in [2.45, 2.75) is 49.9 Å². The summed E-state index contributed by atoms with van der Waals surface area (Å²) in [5.74, 6) is -0.387. The van der Waals surface area contributed by atoms with Crippen LogP contribution in [0, 0.1) is 0 Å². The Hall–Kier alpha value is -5.08. The number of hydrogen-bond donors (Lipinski definition) is 4. The molecular formula is C34H35ClF2N8O4. The number of imide groups is 1. The Morgan fingerprint density at radius 3 is 2.55 bits per heavy atom. The normalized spacial score (nSPS) is 17.2. The second kappa shape index (κ2) is 14.6. The van der Waals surface area contributed by atoms with Crippen molar-refractivity contribution in [2.75, 3.05) is 35.7 Å². The second-order valence-electron chi connectivity index (χ2n) is 12.1. The number of carbonyl (C=O) groups excluding carboxylic acids is 3. The van der Waals surface area contributed by atoms with E-state index in [0.29, 0.717) is 41.4 Å². The topological polar surface area (TPSA) is 145 Å². The summed E-state index contributed by atoms with van der Waals surface area (Å²) in [6, 6.07) is 16.9. The van der Waals surface area contributed by atoms with Crippen LogP contribution in [0.3, 0.4) is 0 Å². The number of benzene rings is 2. The van der Waals surface area contributed by atoms with Gasteiger partial charge in [0.15, 0.2) is 0 Å². The van der Waals surface area contributed by atoms with Crippen molar-refractivity contribution in [3.63, 3.8) is 0 Å². The van der Waals surface area contributed by atoms with Gasteiger partial charge in [0.1, 0.15) is 17.6 Å². The Balaban J connectivity index is 1.08. The Morgan fingerprint density at radius 2 is 1.86 bits per heavy atom. The van der Waals surface area contributed by atoms with E-state index in [2.05, 4.69) is 53.8 Å². The van der Waals surface area contributed by atoms with Gasteiger partial charge in [-0.3, -0.25) is 29.7 Å². The lowest BCUT2D eigenvalue weighted by Crippen LogP contribution is -2.47. The maximum absolute atomic E-state index is 13.1. The summed E-state index contributed by atoms with van der Waals surface area (Å²) in [5, 5.41) is 15.6. The number of pyridine rings is 1. The molecule has 2 fully saturated rings. The number of nitrogens with zero attached hydrogens (tertiary/aromatic N) is 4. The van der Waals surface area contributed by atoms with Crippen LogP contribution in [-0.2, 0) is 16.1 Å². The fourth-order valence-electron chi connectivity index (χ4n) is 6.10. The molecule has 2 saturated heterocycles. The molecule has 2 aliphatic rings. The maximum atomic E-state index is 13.1. The number of amides is 3. The first-order chi connectivity index (χ1) is 23.5. The van der Waals surface area contributed by atoms with E-state index in [9.17, 15) is 23.2 Å². The van der Waals surface area contributed by atoms with Crippen LogP contribution in [0.2, 0.25) is 0 Å². The summed E-state index contributed by atoms with van der Waals surface area (Å²) in [6.07, 6.45) is 5.79. The molecule has 0 aliphatic carbocycles. The average molecular weight is 693 g/mol. The fraction of sp³-hybridized carbons (Fsp3) is 0.324. The van der Waals surface area contributed by atoms with E-state index >= 15 is 0 Å². The summed E-state index contributed by atoms with van der Waals surface area (Å²) in [7, 11) is 2.11. The molecule has 0 spiro atoms. The number of aromatic nitrogens is 3. The minimum atomic E-state index is -3.83. The van der Waals surface area contributed by atoms with Gasteiger partial charge in [0, 0.05) is 73.0 Å². The van der Waals surface area contributed by atoms with E-state index < -0.39 is 17.5 Å². The standard InChI is InChI=1S/C34H35ClF2N8O4/c1-44(20-21-3-2-4-24(17-21)40-29-9-10-30(46)42-33(29)48)25-12-15-45(16-13-25)31-27(28-11-14-39-43-28)18-22(19-38-31)32(47)41-23-5-7-26(8-6-23)49-34(35,36)37/h2-8,11,14,17-19,25,29,40H,9-10,12-13,15-16,20H2,1H3,(H,39,43)(H,41,47)(H,42,46,48). The zero-order valence-corrected chi connectivity index (χ0v) is 27.3. The Kier molecular flexibility index (Phi) is 10.1. The maximum Gasteiger partial charge on any atom is 0.487 e. The highest BCUT2D eigenvalue weighted by Crippen LogP contribution is 2.32. The van der Waals surface area contributed by atoms with Crippen LogP contribution in [0.25, 0.3) is 11.3 Å². The van der Waals surface area contributed by atoms with Crippen molar-refractivity contribution in [1.82, 2.24) is 25.4 Å². The van der Waals surface area contributed by atoms with Gasteiger partial charge in [0.25, 0.3) is 5.91 Å². The predicted octanol–water partition coefficient (Wildman–Crippen LogP) is 5.21. The highest BCUT2D eigenvalue weighted by atomic mass is 35.5. The number of carbonyl (C=O) groups is 3. The number of halogens is 3. The molecule has 0 radical (unpaired) electrons. The summed E-state index contributed by atoms with van der Waals surface area (Å²) < 4.78 is 30.2. The molecule has 1 atom stereocenters. The second-order valence-corrected chi connectivity index (χ2v) is 12.5. The minimum Gasteiger partial charge on any atom is -0.420 e. The third-order valence-electron chi connectivity index (χ3n) is 8.58. The van der Waals surface area contributed by atoms with Gasteiger partial charge in [0.2, 0.25) is 11.8 Å². The van der Waals surface area contributed by atoms with Crippen LogP contribution in [0.15, 0.2) is 73.1 Å². The highest BCUT2D eigenvalue weighted by Gasteiger charge is 2.29. The molecule has 49 heavy (non-hydrogen) atoms.